The molecule has 2 aromatic carbocycles. The van der Waals surface area contributed by atoms with Crippen LogP contribution in [-0.2, 0) is 0 Å². The molecule has 0 unspecified atom stereocenters. The number of rotatable bonds is 1. The average Bonchev–Trinajstić information content (AvgIpc) is 2.35. The zero-order valence-electron chi connectivity index (χ0n) is 10.1. The number of hydrogen-bond donors (Lipinski definition) is 0. The lowest BCUT2D eigenvalue weighted by Crippen LogP contribution is -2.10. The van der Waals surface area contributed by atoms with Crippen LogP contribution in [0.2, 0.25) is 6.82 Å². The van der Waals surface area contributed by atoms with Crippen molar-refractivity contribution < 1.29 is 0 Å². The molecule has 0 bridgehead atoms. The van der Waals surface area contributed by atoms with Crippen LogP contribution in [0.1, 0.15) is 0 Å². The highest BCUT2D eigenvalue weighted by Gasteiger charge is 2.02. The molecule has 0 spiro atoms. The molecule has 0 radical (unpaired) electrons. The van der Waals surface area contributed by atoms with Gasteiger partial charge in [0.15, 0.2) is 7.28 Å². The van der Waals surface area contributed by atoms with E-state index in [1.54, 1.807) is 0 Å². The first kappa shape index (κ1) is 10.3. The fraction of sp³-hybridized carbons (Fsp3) is 0.0769. The largest absolute Gasteiger partial charge is 0.245 e. The number of fused-ring (bicyclic) bond motifs is 2. The van der Waals surface area contributed by atoms with Crippen molar-refractivity contribution in [3.63, 3.8) is 0 Å². The molecule has 0 aliphatic carbocycles. The molecule has 0 aliphatic rings. The third-order valence-corrected chi connectivity index (χ3v) is 3.06. The molecule has 0 atom stereocenters. The van der Waals surface area contributed by atoms with Gasteiger partial charge in [-0.25, -0.2) is 9.97 Å². The van der Waals surface area contributed by atoms with Crippen molar-refractivity contribution in [2.24, 2.45) is 0 Å². The highest BCUT2D eigenvalue weighted by Crippen LogP contribution is 2.13. The number of hydrogen-bond acceptors (Lipinski definition) is 2. The maximum absolute atomic E-state index is 4.66. The zero-order valence-corrected chi connectivity index (χ0v) is 10.1. The average molecular weight is 218 g/mol. The molecule has 1 heterocycles. The summed E-state index contributed by atoms with van der Waals surface area (Å²) in [6.07, 6.45) is 0. The van der Waals surface area contributed by atoms with Gasteiger partial charge in [-0.05, 0) is 24.3 Å². The minimum absolute atomic E-state index is 0.969. The van der Waals surface area contributed by atoms with Crippen LogP contribution >= 0.6 is 0 Å². The van der Waals surface area contributed by atoms with Gasteiger partial charge in [-0.15, -0.1) is 0 Å². The maximum atomic E-state index is 4.66. The van der Waals surface area contributed by atoms with E-state index in [1.165, 1.54) is 10.9 Å². The van der Waals surface area contributed by atoms with E-state index in [9.17, 15) is 0 Å². The lowest BCUT2D eigenvalue weighted by Gasteiger charge is -2.03. The molecule has 0 fully saturated rings. The lowest BCUT2D eigenvalue weighted by atomic mass is 9.73. The number of nitrogens with zero attached hydrogens (tertiary/aromatic N) is 2. The second-order valence-corrected chi connectivity index (χ2v) is 4.39. The van der Waals surface area contributed by atoms with Crippen LogP contribution in [0.5, 0.6) is 0 Å². The first-order valence-electron chi connectivity index (χ1n) is 5.93. The first-order valence-corrected chi connectivity index (χ1v) is 5.93. The van der Waals surface area contributed by atoms with Crippen LogP contribution in [0.4, 0.5) is 0 Å². The molecule has 0 saturated heterocycles. The van der Waals surface area contributed by atoms with Gasteiger partial charge >= 0.3 is 0 Å². The van der Waals surface area contributed by atoms with Crippen LogP contribution in [0.3, 0.4) is 0 Å². The third kappa shape index (κ3) is 1.80. The fourth-order valence-corrected chi connectivity index (χ4v) is 2.05. The Kier molecular flexibility index (Phi) is 2.36. The van der Waals surface area contributed by atoms with Gasteiger partial charge < -0.3 is 0 Å². The number of benzene rings is 2. The predicted octanol–water partition coefficient (Wildman–Crippen LogP) is 0.151. The topological polar surface area (TPSA) is 25.8 Å². The molecule has 0 N–H and O–H groups in total. The lowest BCUT2D eigenvalue weighted by molar-refractivity contribution is 1.40. The summed E-state index contributed by atoms with van der Waals surface area (Å²) in [4.78, 5) is 9.32. The van der Waals surface area contributed by atoms with E-state index in [1.807, 2.05) is 6.07 Å². The SMILES string of the molecule is Bc1ccc2nc3cc(BC)ccc3nc2c1. The van der Waals surface area contributed by atoms with Crippen molar-refractivity contribution in [1.29, 1.82) is 0 Å². The standard InChI is InChI=1S/C13H12B2N2/c1-15-9-3-5-11-13(7-9)17-10-4-2-8(14)6-12(10)16-11/h2-7,15H,14H2,1H3. The summed E-state index contributed by atoms with van der Waals surface area (Å²) in [6, 6.07) is 12.5. The van der Waals surface area contributed by atoms with Gasteiger partial charge in [0.05, 0.1) is 22.1 Å². The molecule has 17 heavy (non-hydrogen) atoms. The van der Waals surface area contributed by atoms with Crippen LogP contribution < -0.4 is 10.9 Å². The molecule has 80 valence electrons. The Bertz CT molecular complexity index is 710. The monoisotopic (exact) mass is 218 g/mol. The summed E-state index contributed by atoms with van der Waals surface area (Å²) < 4.78 is 0. The first-order chi connectivity index (χ1) is 8.26. The minimum atomic E-state index is 0.969. The van der Waals surface area contributed by atoms with Crippen LogP contribution in [0.15, 0.2) is 36.4 Å². The molecular formula is C13H12B2N2. The van der Waals surface area contributed by atoms with E-state index in [0.717, 1.165) is 29.3 Å². The fourth-order valence-electron chi connectivity index (χ4n) is 2.05. The second-order valence-electron chi connectivity index (χ2n) is 4.39. The van der Waals surface area contributed by atoms with E-state index in [0.29, 0.717) is 0 Å². The number of aromatic nitrogens is 2. The van der Waals surface area contributed by atoms with Crippen molar-refractivity contribution in [2.45, 2.75) is 6.82 Å². The van der Waals surface area contributed by atoms with Crippen LogP contribution in [-0.4, -0.2) is 25.1 Å². The van der Waals surface area contributed by atoms with E-state index in [-0.39, 0.29) is 0 Å². The molecule has 1 aromatic heterocycles. The summed E-state index contributed by atoms with van der Waals surface area (Å²) >= 11 is 0. The predicted molar refractivity (Wildman–Crippen MR) is 77.9 cm³/mol. The van der Waals surface area contributed by atoms with Crippen molar-refractivity contribution >= 4 is 48.1 Å². The Morgan fingerprint density at radius 3 is 2.24 bits per heavy atom. The Hall–Kier alpha value is -1.83. The van der Waals surface area contributed by atoms with Gasteiger partial charge in [-0.1, -0.05) is 29.9 Å². The molecule has 3 rings (SSSR count). The molecule has 0 saturated carbocycles. The summed E-state index contributed by atoms with van der Waals surface area (Å²) in [6.45, 7) is 2.15. The molecule has 2 nitrogen and oxygen atoms in total. The summed E-state index contributed by atoms with van der Waals surface area (Å²) in [7, 11) is 3.11. The van der Waals surface area contributed by atoms with E-state index < -0.39 is 0 Å². The van der Waals surface area contributed by atoms with Gasteiger partial charge in [-0.2, -0.15) is 0 Å². The van der Waals surface area contributed by atoms with Gasteiger partial charge in [0.1, 0.15) is 7.85 Å². The molecule has 0 amide bonds. The van der Waals surface area contributed by atoms with Gasteiger partial charge in [0.25, 0.3) is 0 Å². The summed E-state index contributed by atoms with van der Waals surface area (Å²) in [5.41, 5.74) is 6.42. The summed E-state index contributed by atoms with van der Waals surface area (Å²) in [5, 5.41) is 0. The van der Waals surface area contributed by atoms with Gasteiger partial charge in [-0.3, -0.25) is 0 Å². The van der Waals surface area contributed by atoms with E-state index in [2.05, 4.69) is 55.0 Å². The smallest absolute Gasteiger partial charge is 0.154 e. The highest BCUT2D eigenvalue weighted by molar-refractivity contribution is 6.52. The zero-order chi connectivity index (χ0) is 11.8. The molecule has 0 aliphatic heterocycles. The maximum Gasteiger partial charge on any atom is 0.154 e. The summed E-state index contributed by atoms with van der Waals surface area (Å²) in [5.74, 6) is 0. The Morgan fingerprint density at radius 1 is 0.882 bits per heavy atom. The Balaban J connectivity index is 2.35. The normalized spacial score (nSPS) is 10.9. The van der Waals surface area contributed by atoms with Crippen molar-refractivity contribution in [2.75, 3.05) is 0 Å². The van der Waals surface area contributed by atoms with Crippen LogP contribution in [0.25, 0.3) is 22.1 Å². The van der Waals surface area contributed by atoms with Crippen molar-refractivity contribution in [3.8, 4) is 0 Å². The Morgan fingerprint density at radius 2 is 1.53 bits per heavy atom. The molecule has 4 heteroatoms. The van der Waals surface area contributed by atoms with Crippen LogP contribution in [0, 0.1) is 0 Å². The quantitative estimate of drug-likeness (QED) is 0.429. The Labute approximate surface area is 102 Å². The van der Waals surface area contributed by atoms with Gasteiger partial charge in [0, 0.05) is 0 Å². The second kappa shape index (κ2) is 3.88. The van der Waals surface area contributed by atoms with Crippen molar-refractivity contribution in [3.05, 3.63) is 36.4 Å². The van der Waals surface area contributed by atoms with Gasteiger partial charge in [0.2, 0.25) is 0 Å². The third-order valence-electron chi connectivity index (χ3n) is 3.06. The van der Waals surface area contributed by atoms with E-state index >= 15 is 0 Å². The van der Waals surface area contributed by atoms with Crippen molar-refractivity contribution in [1.82, 2.24) is 9.97 Å². The molecule has 3 aromatic rings. The molecular weight excluding hydrogens is 206 g/mol. The minimum Gasteiger partial charge on any atom is -0.245 e. The highest BCUT2D eigenvalue weighted by atomic mass is 14.8. The van der Waals surface area contributed by atoms with E-state index in [4.69, 9.17) is 0 Å².